The fourth-order valence-corrected chi connectivity index (χ4v) is 3.02. The van der Waals surface area contributed by atoms with Crippen LogP contribution in [0.4, 0.5) is 4.39 Å². The van der Waals surface area contributed by atoms with Crippen molar-refractivity contribution in [3.63, 3.8) is 0 Å². The second-order valence-electron chi connectivity index (χ2n) is 6.57. The fraction of sp³-hybridized carbons (Fsp3) is 0.409. The topological polar surface area (TPSA) is 43.3 Å². The molecule has 2 heterocycles. The number of rotatable bonds is 5. The highest BCUT2D eigenvalue weighted by molar-refractivity contribution is 6.13. The Bertz CT molecular complexity index is 747. The number of fused-ring (bicyclic) bond motifs is 1. The van der Waals surface area contributed by atoms with Gasteiger partial charge in [0.05, 0.1) is 18.0 Å². The zero-order valence-corrected chi connectivity index (χ0v) is 16.1. The smallest absolute Gasteiger partial charge is 0.132 e. The van der Waals surface area contributed by atoms with Crippen molar-refractivity contribution in [3.05, 3.63) is 65.2 Å². The normalized spacial score (nSPS) is 13.1. The van der Waals surface area contributed by atoms with E-state index in [1.54, 1.807) is 6.07 Å². The van der Waals surface area contributed by atoms with Gasteiger partial charge in [-0.1, -0.05) is 58.1 Å². The first-order valence-electron chi connectivity index (χ1n) is 9.53. The maximum Gasteiger partial charge on any atom is 0.132 e. The highest BCUT2D eigenvalue weighted by Crippen LogP contribution is 2.21. The summed E-state index contributed by atoms with van der Waals surface area (Å²) in [5, 5.41) is 0. The van der Waals surface area contributed by atoms with Crippen LogP contribution in [-0.4, -0.2) is 16.8 Å². The molecule has 0 saturated carbocycles. The molecule has 3 nitrogen and oxygen atoms in total. The minimum Gasteiger partial charge on any atom is -0.385 e. The van der Waals surface area contributed by atoms with Gasteiger partial charge in [0.25, 0.3) is 0 Å². The number of nitrogens with two attached hydrogens (primary N) is 1. The molecule has 0 saturated heterocycles. The van der Waals surface area contributed by atoms with Gasteiger partial charge in [0.1, 0.15) is 11.6 Å². The molecule has 1 aromatic carbocycles. The highest BCUT2D eigenvalue weighted by Gasteiger charge is 2.19. The van der Waals surface area contributed by atoms with Crippen LogP contribution in [0.25, 0.3) is 5.82 Å². The van der Waals surface area contributed by atoms with Gasteiger partial charge in [0.15, 0.2) is 0 Å². The van der Waals surface area contributed by atoms with Crippen molar-refractivity contribution < 1.29 is 4.39 Å². The molecule has 2 N–H and O–H groups in total. The van der Waals surface area contributed by atoms with Crippen LogP contribution < -0.4 is 5.73 Å². The Morgan fingerprint density at radius 1 is 1.08 bits per heavy atom. The van der Waals surface area contributed by atoms with Crippen molar-refractivity contribution in [2.45, 2.75) is 52.9 Å². The quantitative estimate of drug-likeness (QED) is 0.705. The summed E-state index contributed by atoms with van der Waals surface area (Å²) in [7, 11) is 0. The minimum absolute atomic E-state index is 0.257. The second-order valence-corrected chi connectivity index (χ2v) is 6.57. The number of unbranched alkanes of at least 4 members (excludes halogenated alkanes) is 4. The Morgan fingerprint density at radius 2 is 1.81 bits per heavy atom. The van der Waals surface area contributed by atoms with Gasteiger partial charge < -0.3 is 10.3 Å². The third kappa shape index (κ3) is 4.84. The molecule has 4 heteroatoms. The molecule has 26 heavy (non-hydrogen) atoms. The van der Waals surface area contributed by atoms with Crippen molar-refractivity contribution in [3.8, 4) is 0 Å². The SMILES string of the molecule is CCCCCCC.Cc1cccc(F)c1C1=NCC=C(N)n2cccc21. The Kier molecular flexibility index (Phi) is 7.64. The van der Waals surface area contributed by atoms with E-state index in [9.17, 15) is 4.39 Å². The zero-order chi connectivity index (χ0) is 18.9. The number of hydrogen-bond donors (Lipinski definition) is 1. The first kappa shape index (κ1) is 20.0. The molecule has 1 aliphatic rings. The first-order chi connectivity index (χ1) is 12.6. The summed E-state index contributed by atoms with van der Waals surface area (Å²) in [6.07, 6.45) is 10.7. The van der Waals surface area contributed by atoms with E-state index in [0.717, 1.165) is 11.3 Å². The van der Waals surface area contributed by atoms with E-state index in [1.165, 1.54) is 38.2 Å². The molecule has 3 rings (SSSR count). The lowest BCUT2D eigenvalue weighted by Gasteiger charge is -2.12. The van der Waals surface area contributed by atoms with Gasteiger partial charge in [0.2, 0.25) is 0 Å². The van der Waals surface area contributed by atoms with Crippen molar-refractivity contribution in [2.75, 3.05) is 6.54 Å². The van der Waals surface area contributed by atoms with E-state index in [1.807, 2.05) is 42.0 Å². The summed E-state index contributed by atoms with van der Waals surface area (Å²) in [4.78, 5) is 4.48. The van der Waals surface area contributed by atoms with Crippen LogP contribution in [0.1, 0.15) is 62.8 Å². The molecule has 0 bridgehead atoms. The summed E-state index contributed by atoms with van der Waals surface area (Å²) in [5.74, 6) is 0.361. The van der Waals surface area contributed by atoms with Crippen LogP contribution in [0.5, 0.6) is 0 Å². The van der Waals surface area contributed by atoms with E-state index >= 15 is 0 Å². The average molecular weight is 356 g/mol. The number of halogens is 1. The lowest BCUT2D eigenvalue weighted by molar-refractivity contribution is 0.624. The highest BCUT2D eigenvalue weighted by atomic mass is 19.1. The van der Waals surface area contributed by atoms with Gasteiger partial charge in [0, 0.05) is 11.8 Å². The molecule has 0 fully saturated rings. The molecule has 0 unspecified atom stereocenters. The third-order valence-electron chi connectivity index (χ3n) is 4.49. The molecule has 0 aliphatic carbocycles. The first-order valence-corrected chi connectivity index (χ1v) is 9.53. The Labute approximate surface area is 156 Å². The number of aliphatic imine (C=N–C) groups is 1. The van der Waals surface area contributed by atoms with E-state index < -0.39 is 0 Å². The lowest BCUT2D eigenvalue weighted by Crippen LogP contribution is -2.14. The number of nitrogens with zero attached hydrogens (tertiary/aromatic N) is 2. The van der Waals surface area contributed by atoms with Gasteiger partial charge in [-0.25, -0.2) is 4.39 Å². The predicted octanol–water partition coefficient (Wildman–Crippen LogP) is 5.52. The van der Waals surface area contributed by atoms with Crippen molar-refractivity contribution in [1.82, 2.24) is 4.57 Å². The maximum absolute atomic E-state index is 14.1. The van der Waals surface area contributed by atoms with Crippen LogP contribution >= 0.6 is 0 Å². The fourth-order valence-electron chi connectivity index (χ4n) is 3.02. The molecule has 1 aromatic heterocycles. The number of benzene rings is 1. The number of hydrogen-bond acceptors (Lipinski definition) is 2. The number of aromatic nitrogens is 1. The van der Waals surface area contributed by atoms with E-state index in [-0.39, 0.29) is 5.82 Å². The largest absolute Gasteiger partial charge is 0.385 e. The van der Waals surface area contributed by atoms with E-state index in [0.29, 0.717) is 23.6 Å². The van der Waals surface area contributed by atoms with Crippen LogP contribution in [-0.2, 0) is 0 Å². The molecular weight excluding hydrogens is 325 g/mol. The van der Waals surface area contributed by atoms with Crippen LogP contribution in [0.3, 0.4) is 0 Å². The van der Waals surface area contributed by atoms with Crippen molar-refractivity contribution in [1.29, 1.82) is 0 Å². The second kappa shape index (κ2) is 9.95. The molecule has 0 atom stereocenters. The zero-order valence-electron chi connectivity index (χ0n) is 16.1. The lowest BCUT2D eigenvalue weighted by atomic mass is 10.0. The summed E-state index contributed by atoms with van der Waals surface area (Å²) in [6.45, 7) is 6.83. The third-order valence-corrected chi connectivity index (χ3v) is 4.49. The molecule has 0 spiro atoms. The van der Waals surface area contributed by atoms with Gasteiger partial charge in [-0.05, 0) is 36.8 Å². The molecule has 0 radical (unpaired) electrons. The standard InChI is InChI=1S/C15H14FN3.C7H16/c1-10-4-2-5-11(16)14(10)15-12-6-3-9-19(12)13(17)7-8-18-15;1-3-5-7-6-4-2/h2-7,9H,8,17H2,1H3;3-7H2,1-2H3. The summed E-state index contributed by atoms with van der Waals surface area (Å²) >= 11 is 0. The molecule has 140 valence electrons. The van der Waals surface area contributed by atoms with Gasteiger partial charge in [-0.2, -0.15) is 0 Å². The number of aryl methyl sites for hydroxylation is 1. The van der Waals surface area contributed by atoms with Gasteiger partial charge in [-0.15, -0.1) is 0 Å². The Morgan fingerprint density at radius 3 is 2.46 bits per heavy atom. The van der Waals surface area contributed by atoms with E-state index in [2.05, 4.69) is 18.8 Å². The summed E-state index contributed by atoms with van der Waals surface area (Å²) in [5.41, 5.74) is 8.85. The maximum atomic E-state index is 14.1. The van der Waals surface area contributed by atoms with Crippen LogP contribution in [0, 0.1) is 12.7 Å². The molecule has 0 amide bonds. The Balaban J connectivity index is 0.000000298. The minimum atomic E-state index is -0.257. The van der Waals surface area contributed by atoms with Crippen LogP contribution in [0.2, 0.25) is 0 Å². The van der Waals surface area contributed by atoms with Gasteiger partial charge in [-0.3, -0.25) is 4.99 Å². The molecule has 1 aliphatic heterocycles. The Hall–Kier alpha value is -2.36. The summed E-state index contributed by atoms with van der Waals surface area (Å²) < 4.78 is 16.0. The average Bonchev–Trinajstić information content (AvgIpc) is 3.05. The summed E-state index contributed by atoms with van der Waals surface area (Å²) in [6, 6.07) is 8.83. The monoisotopic (exact) mass is 355 g/mol. The van der Waals surface area contributed by atoms with Gasteiger partial charge >= 0.3 is 0 Å². The van der Waals surface area contributed by atoms with E-state index in [4.69, 9.17) is 5.73 Å². The molecule has 2 aromatic rings. The van der Waals surface area contributed by atoms with Crippen molar-refractivity contribution in [2.24, 2.45) is 10.7 Å². The molecular formula is C22H30FN3. The van der Waals surface area contributed by atoms with Crippen molar-refractivity contribution >= 4 is 11.5 Å². The van der Waals surface area contributed by atoms with Crippen LogP contribution in [0.15, 0.2) is 47.6 Å². The predicted molar refractivity (Wildman–Crippen MR) is 109 cm³/mol.